The molecular weight excluding hydrogens is 310 g/mol. The van der Waals surface area contributed by atoms with Gasteiger partial charge in [-0.3, -0.25) is 4.79 Å². The van der Waals surface area contributed by atoms with Crippen molar-refractivity contribution in [3.63, 3.8) is 0 Å². The minimum atomic E-state index is -0.516. The van der Waals surface area contributed by atoms with Crippen LogP contribution in [0.2, 0.25) is 5.02 Å². The zero-order valence-corrected chi connectivity index (χ0v) is 14.5. The van der Waals surface area contributed by atoms with E-state index in [0.29, 0.717) is 18.0 Å². The number of amides is 1. The molecule has 0 fully saturated rings. The summed E-state index contributed by atoms with van der Waals surface area (Å²) in [5.41, 5.74) is 3.10. The number of benzene rings is 2. The first-order chi connectivity index (χ1) is 11.0. The molecule has 0 radical (unpaired) electrons. The molecule has 0 unspecified atom stereocenters. The van der Waals surface area contributed by atoms with E-state index in [0.717, 1.165) is 22.4 Å². The van der Waals surface area contributed by atoms with E-state index in [-0.39, 0.29) is 5.91 Å². The van der Waals surface area contributed by atoms with E-state index in [4.69, 9.17) is 16.3 Å². The molecule has 0 spiro atoms. The van der Waals surface area contributed by atoms with Crippen LogP contribution in [0.3, 0.4) is 0 Å². The normalized spacial score (nSPS) is 11.8. The van der Waals surface area contributed by atoms with Gasteiger partial charge in [0.1, 0.15) is 5.75 Å². The number of carbonyl (C=O) groups is 1. The van der Waals surface area contributed by atoms with Crippen molar-refractivity contribution < 1.29 is 9.53 Å². The van der Waals surface area contributed by atoms with Crippen LogP contribution in [0.5, 0.6) is 5.75 Å². The fourth-order valence-corrected chi connectivity index (χ4v) is 2.47. The third kappa shape index (κ3) is 4.49. The summed E-state index contributed by atoms with van der Waals surface area (Å²) in [6.45, 7) is 6.36. The molecule has 1 amide bonds. The highest BCUT2D eigenvalue weighted by Gasteiger charge is 2.19. The van der Waals surface area contributed by atoms with Crippen LogP contribution < -0.4 is 10.1 Å². The van der Waals surface area contributed by atoms with E-state index in [2.05, 4.69) is 5.32 Å². The van der Waals surface area contributed by atoms with Gasteiger partial charge in [-0.25, -0.2) is 0 Å². The zero-order valence-electron chi connectivity index (χ0n) is 13.7. The summed E-state index contributed by atoms with van der Waals surface area (Å²) in [6.07, 6.45) is 0.0832. The van der Waals surface area contributed by atoms with Crippen molar-refractivity contribution in [2.24, 2.45) is 0 Å². The van der Waals surface area contributed by atoms with E-state index in [1.54, 1.807) is 0 Å². The smallest absolute Gasteiger partial charge is 0.261 e. The minimum Gasteiger partial charge on any atom is -0.480 e. The van der Waals surface area contributed by atoms with Crippen LogP contribution in [0, 0.1) is 13.8 Å². The predicted octanol–water partition coefficient (Wildman–Crippen LogP) is 4.43. The van der Waals surface area contributed by atoms with Gasteiger partial charge in [-0.2, -0.15) is 0 Å². The second-order valence-corrected chi connectivity index (χ2v) is 5.93. The molecule has 2 aromatic rings. The number of rotatable bonds is 6. The van der Waals surface area contributed by atoms with Gasteiger partial charge >= 0.3 is 0 Å². The van der Waals surface area contributed by atoms with E-state index in [1.165, 1.54) is 0 Å². The molecule has 1 N–H and O–H groups in total. The topological polar surface area (TPSA) is 38.3 Å². The molecule has 0 bridgehead atoms. The molecule has 0 saturated carbocycles. The van der Waals surface area contributed by atoms with E-state index >= 15 is 0 Å². The van der Waals surface area contributed by atoms with Gasteiger partial charge in [-0.1, -0.05) is 48.9 Å². The van der Waals surface area contributed by atoms with E-state index < -0.39 is 6.10 Å². The Hall–Kier alpha value is -2.00. The monoisotopic (exact) mass is 331 g/mol. The SMILES string of the molecule is CC[C@@H](Oc1cccc(C)c1C)C(=O)NCc1ccccc1Cl. The first-order valence-corrected chi connectivity index (χ1v) is 8.14. The van der Waals surface area contributed by atoms with Crippen LogP contribution in [0.25, 0.3) is 0 Å². The fourth-order valence-electron chi connectivity index (χ4n) is 2.27. The highest BCUT2D eigenvalue weighted by Crippen LogP contribution is 2.22. The standard InChI is InChI=1S/C19H22ClNO2/c1-4-17(23-18-11-7-8-13(2)14(18)3)19(22)21-12-15-9-5-6-10-16(15)20/h5-11,17H,4,12H2,1-3H3,(H,21,22)/t17-/m1/s1. The Labute approximate surface area is 142 Å². The Bertz CT molecular complexity index is 685. The molecule has 2 rings (SSSR count). The van der Waals surface area contributed by atoms with Gasteiger partial charge in [0.25, 0.3) is 5.91 Å². The summed E-state index contributed by atoms with van der Waals surface area (Å²) in [7, 11) is 0. The maximum absolute atomic E-state index is 12.4. The minimum absolute atomic E-state index is 0.131. The largest absolute Gasteiger partial charge is 0.480 e. The van der Waals surface area contributed by atoms with Crippen molar-refractivity contribution in [1.82, 2.24) is 5.32 Å². The summed E-state index contributed by atoms with van der Waals surface area (Å²) in [6, 6.07) is 13.3. The summed E-state index contributed by atoms with van der Waals surface area (Å²) < 4.78 is 5.91. The van der Waals surface area contributed by atoms with E-state index in [1.807, 2.05) is 63.2 Å². The molecule has 3 nitrogen and oxygen atoms in total. The maximum atomic E-state index is 12.4. The van der Waals surface area contributed by atoms with Crippen LogP contribution >= 0.6 is 11.6 Å². The number of halogens is 1. The Morgan fingerprint density at radius 2 is 1.91 bits per heavy atom. The Kier molecular flexibility index (Phi) is 6.05. The molecule has 1 atom stereocenters. The molecule has 23 heavy (non-hydrogen) atoms. The number of aryl methyl sites for hydroxylation is 1. The Morgan fingerprint density at radius 1 is 1.17 bits per heavy atom. The third-order valence-electron chi connectivity index (χ3n) is 3.90. The molecule has 0 heterocycles. The number of ether oxygens (including phenoxy) is 1. The molecule has 0 saturated heterocycles. The average Bonchev–Trinajstić information content (AvgIpc) is 2.55. The predicted molar refractivity (Wildman–Crippen MR) is 93.9 cm³/mol. The van der Waals surface area contributed by atoms with Crippen molar-refractivity contribution in [2.75, 3.05) is 0 Å². The van der Waals surface area contributed by atoms with Crippen molar-refractivity contribution >= 4 is 17.5 Å². The molecule has 0 aromatic heterocycles. The van der Waals surface area contributed by atoms with Crippen LogP contribution in [0.1, 0.15) is 30.0 Å². The Balaban J connectivity index is 2.01. The highest BCUT2D eigenvalue weighted by atomic mass is 35.5. The van der Waals surface area contributed by atoms with Crippen molar-refractivity contribution in [2.45, 2.75) is 39.8 Å². The molecular formula is C19H22ClNO2. The fraction of sp³-hybridized carbons (Fsp3) is 0.316. The van der Waals surface area contributed by atoms with E-state index in [9.17, 15) is 4.79 Å². The quantitative estimate of drug-likeness (QED) is 0.850. The lowest BCUT2D eigenvalue weighted by Crippen LogP contribution is -2.37. The summed E-state index contributed by atoms with van der Waals surface area (Å²) in [5, 5.41) is 3.55. The Morgan fingerprint density at radius 3 is 2.61 bits per heavy atom. The number of nitrogens with one attached hydrogen (secondary N) is 1. The lowest BCUT2D eigenvalue weighted by molar-refractivity contribution is -0.128. The molecule has 2 aromatic carbocycles. The zero-order chi connectivity index (χ0) is 16.8. The number of hydrogen-bond acceptors (Lipinski definition) is 2. The first kappa shape index (κ1) is 17.4. The molecule has 122 valence electrons. The lowest BCUT2D eigenvalue weighted by atomic mass is 10.1. The average molecular weight is 332 g/mol. The maximum Gasteiger partial charge on any atom is 0.261 e. The lowest BCUT2D eigenvalue weighted by Gasteiger charge is -2.19. The van der Waals surface area contributed by atoms with Gasteiger partial charge in [0.2, 0.25) is 0 Å². The van der Waals surface area contributed by atoms with Gasteiger partial charge in [-0.05, 0) is 49.1 Å². The summed E-state index contributed by atoms with van der Waals surface area (Å²) in [4.78, 5) is 12.4. The summed E-state index contributed by atoms with van der Waals surface area (Å²) in [5.74, 6) is 0.623. The first-order valence-electron chi connectivity index (χ1n) is 7.77. The summed E-state index contributed by atoms with van der Waals surface area (Å²) >= 11 is 6.11. The van der Waals surface area contributed by atoms with Gasteiger partial charge in [0.15, 0.2) is 6.10 Å². The van der Waals surface area contributed by atoms with Gasteiger partial charge in [0.05, 0.1) is 0 Å². The highest BCUT2D eigenvalue weighted by molar-refractivity contribution is 6.31. The second kappa shape index (κ2) is 8.02. The van der Waals surface area contributed by atoms with Crippen molar-refractivity contribution in [3.05, 3.63) is 64.2 Å². The second-order valence-electron chi connectivity index (χ2n) is 5.52. The molecule has 0 aliphatic heterocycles. The third-order valence-corrected chi connectivity index (χ3v) is 4.27. The van der Waals surface area contributed by atoms with Gasteiger partial charge in [0, 0.05) is 11.6 Å². The van der Waals surface area contributed by atoms with Gasteiger partial charge < -0.3 is 10.1 Å². The van der Waals surface area contributed by atoms with Crippen LogP contribution in [0.4, 0.5) is 0 Å². The molecule has 0 aliphatic rings. The number of hydrogen-bond donors (Lipinski definition) is 1. The van der Waals surface area contributed by atoms with Crippen LogP contribution in [-0.4, -0.2) is 12.0 Å². The van der Waals surface area contributed by atoms with Crippen LogP contribution in [-0.2, 0) is 11.3 Å². The van der Waals surface area contributed by atoms with Crippen molar-refractivity contribution in [1.29, 1.82) is 0 Å². The molecule has 0 aliphatic carbocycles. The molecule has 4 heteroatoms. The van der Waals surface area contributed by atoms with Gasteiger partial charge in [-0.15, -0.1) is 0 Å². The van der Waals surface area contributed by atoms with Crippen LogP contribution in [0.15, 0.2) is 42.5 Å². The number of carbonyl (C=O) groups excluding carboxylic acids is 1. The van der Waals surface area contributed by atoms with Crippen molar-refractivity contribution in [3.8, 4) is 5.75 Å².